The van der Waals surface area contributed by atoms with Crippen molar-refractivity contribution in [2.45, 2.75) is 38.5 Å². The van der Waals surface area contributed by atoms with Crippen LogP contribution in [0.15, 0.2) is 53.1 Å². The van der Waals surface area contributed by atoms with Crippen molar-refractivity contribution in [2.24, 2.45) is 0 Å². The van der Waals surface area contributed by atoms with Crippen molar-refractivity contribution >= 4 is 5.91 Å². The predicted molar refractivity (Wildman–Crippen MR) is 121 cm³/mol. The molecule has 0 N–H and O–H groups in total. The van der Waals surface area contributed by atoms with Gasteiger partial charge in [-0.05, 0) is 36.1 Å². The third-order valence-electron chi connectivity index (χ3n) is 5.75. The van der Waals surface area contributed by atoms with Crippen LogP contribution in [-0.4, -0.2) is 47.8 Å². The lowest BCUT2D eigenvalue weighted by Crippen LogP contribution is -2.29. The smallest absolute Gasteiger partial charge is 0.232 e. The van der Waals surface area contributed by atoms with Crippen LogP contribution in [-0.2, 0) is 4.79 Å². The molecule has 7 nitrogen and oxygen atoms in total. The molecular weight excluding hydrogens is 406 g/mol. The molecule has 0 bridgehead atoms. The van der Waals surface area contributed by atoms with Crippen LogP contribution in [0.2, 0.25) is 0 Å². The summed E-state index contributed by atoms with van der Waals surface area (Å²) in [6.07, 6.45) is 1.30. The molecular formula is C25H29N3O4. The van der Waals surface area contributed by atoms with E-state index in [1.807, 2.05) is 41.3 Å². The number of methoxy groups -OCH3 is 1. The molecule has 7 heteroatoms. The fraction of sp³-hybridized carbons (Fsp3) is 0.400. The van der Waals surface area contributed by atoms with Gasteiger partial charge in [0.2, 0.25) is 17.6 Å². The summed E-state index contributed by atoms with van der Waals surface area (Å²) in [4.78, 5) is 19.1. The fourth-order valence-electron chi connectivity index (χ4n) is 3.99. The highest BCUT2D eigenvalue weighted by molar-refractivity contribution is 5.79. The normalized spacial score (nSPS) is 16.9. The van der Waals surface area contributed by atoms with Gasteiger partial charge in [-0.1, -0.05) is 49.3 Å². The second-order valence-electron chi connectivity index (χ2n) is 8.18. The predicted octanol–water partition coefficient (Wildman–Crippen LogP) is 4.65. The number of ether oxygens (including phenoxy) is 2. The lowest BCUT2D eigenvalue weighted by Gasteiger charge is -2.21. The second-order valence-corrected chi connectivity index (χ2v) is 8.18. The summed E-state index contributed by atoms with van der Waals surface area (Å²) in [6.45, 7) is 6.08. The number of rotatable bonds is 9. The SMILES string of the molecule is CCCOc1ccc(-c2noc(C3CC(=O)N(CC(C)c4ccccc4)C3)n2)cc1OC. The molecule has 1 saturated heterocycles. The van der Waals surface area contributed by atoms with Crippen molar-refractivity contribution in [1.82, 2.24) is 15.0 Å². The van der Waals surface area contributed by atoms with Gasteiger partial charge >= 0.3 is 0 Å². The molecule has 2 atom stereocenters. The van der Waals surface area contributed by atoms with Gasteiger partial charge in [0.15, 0.2) is 11.5 Å². The van der Waals surface area contributed by atoms with E-state index in [1.165, 1.54) is 5.56 Å². The van der Waals surface area contributed by atoms with E-state index in [2.05, 4.69) is 36.1 Å². The van der Waals surface area contributed by atoms with Gasteiger partial charge in [0.05, 0.1) is 19.6 Å². The van der Waals surface area contributed by atoms with Gasteiger partial charge in [-0.3, -0.25) is 4.79 Å². The summed E-state index contributed by atoms with van der Waals surface area (Å²) in [5.74, 6) is 2.57. The van der Waals surface area contributed by atoms with Crippen LogP contribution in [0.3, 0.4) is 0 Å². The largest absolute Gasteiger partial charge is 0.493 e. The zero-order valence-corrected chi connectivity index (χ0v) is 18.8. The highest BCUT2D eigenvalue weighted by Crippen LogP contribution is 2.34. The van der Waals surface area contributed by atoms with E-state index in [1.54, 1.807) is 7.11 Å². The number of amides is 1. The van der Waals surface area contributed by atoms with Crippen molar-refractivity contribution in [3.63, 3.8) is 0 Å². The Bertz CT molecular complexity index is 1050. The molecule has 2 heterocycles. The van der Waals surface area contributed by atoms with E-state index >= 15 is 0 Å². The summed E-state index contributed by atoms with van der Waals surface area (Å²) in [7, 11) is 1.61. The van der Waals surface area contributed by atoms with E-state index in [4.69, 9.17) is 14.0 Å². The van der Waals surface area contributed by atoms with Gasteiger partial charge in [-0.25, -0.2) is 0 Å². The molecule has 168 valence electrons. The lowest BCUT2D eigenvalue weighted by molar-refractivity contribution is -0.127. The van der Waals surface area contributed by atoms with Crippen molar-refractivity contribution in [1.29, 1.82) is 0 Å². The number of carbonyl (C=O) groups excluding carboxylic acids is 1. The highest BCUT2D eigenvalue weighted by Gasteiger charge is 2.35. The number of carbonyl (C=O) groups is 1. The van der Waals surface area contributed by atoms with E-state index in [0.29, 0.717) is 49.3 Å². The maximum atomic E-state index is 12.6. The topological polar surface area (TPSA) is 77.7 Å². The zero-order valence-electron chi connectivity index (χ0n) is 18.8. The van der Waals surface area contributed by atoms with Gasteiger partial charge in [0.1, 0.15) is 0 Å². The van der Waals surface area contributed by atoms with Crippen LogP contribution >= 0.6 is 0 Å². The standard InChI is InChI=1S/C25H29N3O4/c1-4-12-31-21-11-10-19(13-22(21)30-3)24-26-25(32-27-24)20-14-23(29)28(16-20)15-17(2)18-8-6-5-7-9-18/h5-11,13,17,20H,4,12,14-16H2,1-3H3. The zero-order chi connectivity index (χ0) is 22.5. The van der Waals surface area contributed by atoms with Gasteiger partial charge in [0, 0.05) is 25.1 Å². The van der Waals surface area contributed by atoms with Crippen molar-refractivity contribution < 1.29 is 18.8 Å². The van der Waals surface area contributed by atoms with Crippen LogP contribution < -0.4 is 9.47 Å². The maximum absolute atomic E-state index is 12.6. The Hall–Kier alpha value is -3.35. The first-order valence-electron chi connectivity index (χ1n) is 11.1. The molecule has 1 fully saturated rings. The molecule has 1 aromatic heterocycles. The molecule has 0 spiro atoms. The molecule has 1 aliphatic heterocycles. The molecule has 2 unspecified atom stereocenters. The summed E-state index contributed by atoms with van der Waals surface area (Å²) in [5.41, 5.74) is 2.00. The minimum absolute atomic E-state index is 0.0965. The van der Waals surface area contributed by atoms with E-state index in [0.717, 1.165) is 12.0 Å². The number of likely N-dealkylation sites (tertiary alicyclic amines) is 1. The van der Waals surface area contributed by atoms with Crippen molar-refractivity contribution in [2.75, 3.05) is 26.8 Å². The Morgan fingerprint density at radius 3 is 2.75 bits per heavy atom. The number of benzene rings is 2. The minimum Gasteiger partial charge on any atom is -0.493 e. The minimum atomic E-state index is -0.0965. The first kappa shape index (κ1) is 21.9. The quantitative estimate of drug-likeness (QED) is 0.487. The Labute approximate surface area is 188 Å². The van der Waals surface area contributed by atoms with Gasteiger partial charge in [-0.2, -0.15) is 4.98 Å². The highest BCUT2D eigenvalue weighted by atomic mass is 16.5. The monoisotopic (exact) mass is 435 g/mol. The molecule has 1 amide bonds. The van der Waals surface area contributed by atoms with Gasteiger partial charge < -0.3 is 18.9 Å². The second kappa shape index (κ2) is 9.85. The van der Waals surface area contributed by atoms with Crippen molar-refractivity contribution in [3.8, 4) is 22.9 Å². The molecule has 4 rings (SSSR count). The van der Waals surface area contributed by atoms with Crippen LogP contribution in [0.25, 0.3) is 11.4 Å². The molecule has 1 aliphatic rings. The first-order valence-corrected chi connectivity index (χ1v) is 11.1. The maximum Gasteiger partial charge on any atom is 0.232 e. The Balaban J connectivity index is 1.44. The fourth-order valence-corrected chi connectivity index (χ4v) is 3.99. The number of nitrogens with zero attached hydrogens (tertiary/aromatic N) is 3. The van der Waals surface area contributed by atoms with Crippen LogP contribution in [0.1, 0.15) is 50.0 Å². The number of aromatic nitrogens is 2. The first-order chi connectivity index (χ1) is 15.6. The van der Waals surface area contributed by atoms with E-state index < -0.39 is 0 Å². The Kier molecular flexibility index (Phi) is 6.73. The molecule has 0 aliphatic carbocycles. The molecule has 32 heavy (non-hydrogen) atoms. The Morgan fingerprint density at radius 1 is 1.19 bits per heavy atom. The van der Waals surface area contributed by atoms with Crippen LogP contribution in [0.5, 0.6) is 11.5 Å². The lowest BCUT2D eigenvalue weighted by atomic mass is 10.0. The van der Waals surface area contributed by atoms with Gasteiger partial charge in [0.25, 0.3) is 0 Å². The van der Waals surface area contributed by atoms with E-state index in [9.17, 15) is 4.79 Å². The summed E-state index contributed by atoms with van der Waals surface area (Å²) in [5, 5.41) is 4.14. The van der Waals surface area contributed by atoms with E-state index in [-0.39, 0.29) is 17.7 Å². The molecule has 0 saturated carbocycles. The molecule has 3 aromatic rings. The summed E-state index contributed by atoms with van der Waals surface area (Å²) in [6, 6.07) is 15.8. The summed E-state index contributed by atoms with van der Waals surface area (Å²) >= 11 is 0. The number of hydrogen-bond acceptors (Lipinski definition) is 6. The van der Waals surface area contributed by atoms with Crippen LogP contribution in [0.4, 0.5) is 0 Å². The van der Waals surface area contributed by atoms with Gasteiger partial charge in [-0.15, -0.1) is 0 Å². The molecule has 0 radical (unpaired) electrons. The molecule has 2 aromatic carbocycles. The average Bonchev–Trinajstić information content (AvgIpc) is 3.45. The van der Waals surface area contributed by atoms with Crippen molar-refractivity contribution in [3.05, 3.63) is 60.0 Å². The third-order valence-corrected chi connectivity index (χ3v) is 5.75. The third kappa shape index (κ3) is 4.77. The average molecular weight is 436 g/mol. The summed E-state index contributed by atoms with van der Waals surface area (Å²) < 4.78 is 16.7. The Morgan fingerprint density at radius 2 is 2.00 bits per heavy atom. The number of hydrogen-bond donors (Lipinski definition) is 0. The van der Waals surface area contributed by atoms with Crippen LogP contribution in [0, 0.1) is 0 Å².